The number of allylic oxidation sites excluding steroid dienone is 1. The fourth-order valence-corrected chi connectivity index (χ4v) is 4.70. The van der Waals surface area contributed by atoms with Crippen LogP contribution in [0.5, 0.6) is 0 Å². The summed E-state index contributed by atoms with van der Waals surface area (Å²) in [4.78, 5) is 41.7. The molecular weight excluding hydrogens is 454 g/mol. The molecule has 0 saturated carbocycles. The van der Waals surface area contributed by atoms with Crippen molar-refractivity contribution >= 4 is 33.4 Å². The number of amides is 1. The fraction of sp³-hybridized carbons (Fsp3) is 0.280. The molecule has 1 aliphatic rings. The minimum absolute atomic E-state index is 0.0628. The number of carbonyl (C=O) groups is 2. The number of hydrogen-bond donors (Lipinski definition) is 2. The van der Waals surface area contributed by atoms with E-state index in [1.54, 1.807) is 12.2 Å². The normalized spacial score (nSPS) is 15.4. The summed E-state index contributed by atoms with van der Waals surface area (Å²) >= 11 is 1.30. The van der Waals surface area contributed by atoms with Crippen LogP contribution in [0.2, 0.25) is 0 Å². The van der Waals surface area contributed by atoms with Gasteiger partial charge in [0.2, 0.25) is 5.82 Å². The number of hydrogen-bond acceptors (Lipinski definition) is 6. The average Bonchev–Trinajstić information content (AvgIpc) is 3.23. The summed E-state index contributed by atoms with van der Waals surface area (Å²) in [5, 5.41) is 14.1. The number of aliphatic carboxylic acids is 1. The Bertz CT molecular complexity index is 1370. The van der Waals surface area contributed by atoms with Crippen molar-refractivity contribution in [3.63, 3.8) is 0 Å². The summed E-state index contributed by atoms with van der Waals surface area (Å²) in [5.41, 5.74) is 2.79. The molecule has 2 aromatic heterocycles. The van der Waals surface area contributed by atoms with E-state index >= 15 is 0 Å². The van der Waals surface area contributed by atoms with Gasteiger partial charge in [0.25, 0.3) is 11.5 Å². The first-order chi connectivity index (χ1) is 16.3. The molecule has 8 nitrogen and oxygen atoms in total. The molecule has 2 heterocycles. The summed E-state index contributed by atoms with van der Waals surface area (Å²) in [6.07, 6.45) is 5.69. The van der Waals surface area contributed by atoms with Gasteiger partial charge in [0.1, 0.15) is 4.83 Å². The fourth-order valence-electron chi connectivity index (χ4n) is 3.79. The van der Waals surface area contributed by atoms with Crippen molar-refractivity contribution in [1.29, 1.82) is 0 Å². The van der Waals surface area contributed by atoms with Gasteiger partial charge in [-0.25, -0.2) is 9.78 Å². The molecule has 0 aliphatic heterocycles. The highest BCUT2D eigenvalue weighted by molar-refractivity contribution is 7.16. The highest BCUT2D eigenvalue weighted by Crippen LogP contribution is 2.23. The zero-order valence-electron chi connectivity index (χ0n) is 18.9. The lowest BCUT2D eigenvalue weighted by atomic mass is 9.97. The third-order valence-corrected chi connectivity index (χ3v) is 6.58. The first kappa shape index (κ1) is 23.6. The molecule has 0 radical (unpaired) electrons. The molecule has 176 valence electrons. The third kappa shape index (κ3) is 5.16. The molecule has 1 atom stereocenters. The Labute approximate surface area is 200 Å². The number of rotatable bonds is 8. The van der Waals surface area contributed by atoms with Crippen LogP contribution in [0.1, 0.15) is 33.7 Å². The van der Waals surface area contributed by atoms with E-state index in [2.05, 4.69) is 10.3 Å². The molecule has 1 unspecified atom stereocenters. The number of thiophene rings is 1. The first-order valence-corrected chi connectivity index (χ1v) is 11.7. The number of ether oxygens (including phenoxy) is 1. The molecule has 4 rings (SSSR count). The maximum absolute atomic E-state index is 13.0. The van der Waals surface area contributed by atoms with E-state index in [0.717, 1.165) is 16.7 Å². The van der Waals surface area contributed by atoms with Crippen molar-refractivity contribution in [3.05, 3.63) is 86.3 Å². The third-order valence-electron chi connectivity index (χ3n) is 5.65. The minimum Gasteiger partial charge on any atom is -0.478 e. The monoisotopic (exact) mass is 479 g/mol. The van der Waals surface area contributed by atoms with E-state index < -0.39 is 11.9 Å². The highest BCUT2D eigenvalue weighted by Gasteiger charge is 2.19. The summed E-state index contributed by atoms with van der Waals surface area (Å²) in [5.74, 6) is -1.20. The Morgan fingerprint density at radius 1 is 1.35 bits per heavy atom. The van der Waals surface area contributed by atoms with Crippen LogP contribution < -0.4 is 10.9 Å². The number of carboxylic acids is 1. The molecular formula is C25H25N3O5S. The maximum Gasteiger partial charge on any atom is 0.335 e. The lowest BCUT2D eigenvalue weighted by molar-refractivity contribution is -0.132. The highest BCUT2D eigenvalue weighted by atomic mass is 32.1. The van der Waals surface area contributed by atoms with Gasteiger partial charge in [-0.05, 0) is 24.3 Å². The molecule has 1 aromatic carbocycles. The van der Waals surface area contributed by atoms with Crippen molar-refractivity contribution in [2.45, 2.75) is 26.5 Å². The largest absolute Gasteiger partial charge is 0.478 e. The van der Waals surface area contributed by atoms with Gasteiger partial charge in [-0.1, -0.05) is 48.1 Å². The zero-order valence-corrected chi connectivity index (χ0v) is 19.7. The van der Waals surface area contributed by atoms with Crippen LogP contribution in [0.15, 0.2) is 58.2 Å². The van der Waals surface area contributed by atoms with Crippen molar-refractivity contribution in [3.8, 4) is 0 Å². The van der Waals surface area contributed by atoms with Crippen molar-refractivity contribution in [1.82, 2.24) is 14.9 Å². The van der Waals surface area contributed by atoms with Gasteiger partial charge in [-0.15, -0.1) is 11.3 Å². The summed E-state index contributed by atoms with van der Waals surface area (Å²) < 4.78 is 7.08. The van der Waals surface area contributed by atoms with Crippen LogP contribution in [0, 0.1) is 12.8 Å². The molecule has 9 heteroatoms. The quantitative estimate of drug-likeness (QED) is 0.513. The molecule has 0 spiro atoms. The number of nitrogens with zero attached hydrogens (tertiary/aromatic N) is 2. The lowest BCUT2D eigenvalue weighted by Gasteiger charge is -2.15. The van der Waals surface area contributed by atoms with E-state index in [4.69, 9.17) is 9.84 Å². The number of benzene rings is 1. The van der Waals surface area contributed by atoms with Gasteiger partial charge in [0.15, 0.2) is 0 Å². The van der Waals surface area contributed by atoms with E-state index in [1.165, 1.54) is 23.0 Å². The molecule has 34 heavy (non-hydrogen) atoms. The van der Waals surface area contributed by atoms with Gasteiger partial charge in [0.05, 0.1) is 24.2 Å². The molecule has 1 amide bonds. The zero-order chi connectivity index (χ0) is 24.2. The number of nitrogens with one attached hydrogen (secondary N) is 1. The van der Waals surface area contributed by atoms with Gasteiger partial charge in [-0.2, -0.15) is 0 Å². The summed E-state index contributed by atoms with van der Waals surface area (Å²) in [7, 11) is 1.54. The topological polar surface area (TPSA) is 111 Å². The Balaban J connectivity index is 1.42. The Morgan fingerprint density at radius 2 is 2.18 bits per heavy atom. The maximum atomic E-state index is 13.0. The van der Waals surface area contributed by atoms with Crippen LogP contribution >= 0.6 is 11.3 Å². The van der Waals surface area contributed by atoms with Crippen molar-refractivity contribution in [2.24, 2.45) is 13.0 Å². The number of carboxylic acid groups (broad SMARTS) is 1. The van der Waals surface area contributed by atoms with Crippen LogP contribution in [0.25, 0.3) is 10.2 Å². The first-order valence-electron chi connectivity index (χ1n) is 10.8. The lowest BCUT2D eigenvalue weighted by Crippen LogP contribution is -2.32. The minimum atomic E-state index is -0.938. The number of fused-ring (bicyclic) bond motifs is 1. The Morgan fingerprint density at radius 3 is 2.88 bits per heavy atom. The molecule has 0 saturated heterocycles. The Hall–Kier alpha value is -3.56. The second-order valence-electron chi connectivity index (χ2n) is 8.25. The molecule has 2 N–H and O–H groups in total. The van der Waals surface area contributed by atoms with E-state index in [1.807, 2.05) is 42.6 Å². The van der Waals surface area contributed by atoms with Crippen LogP contribution in [0.4, 0.5) is 0 Å². The van der Waals surface area contributed by atoms with E-state index in [-0.39, 0.29) is 29.5 Å². The van der Waals surface area contributed by atoms with Gasteiger partial charge < -0.3 is 15.2 Å². The van der Waals surface area contributed by atoms with Gasteiger partial charge >= 0.3 is 5.97 Å². The summed E-state index contributed by atoms with van der Waals surface area (Å²) in [6.45, 7) is 2.97. The van der Waals surface area contributed by atoms with Gasteiger partial charge in [0, 0.05) is 25.1 Å². The number of aryl methyl sites for hydroxylation is 1. The number of carbonyl (C=O) groups excluding carboxylic acids is 1. The van der Waals surface area contributed by atoms with Crippen LogP contribution in [-0.2, 0) is 29.7 Å². The predicted octanol–water partition coefficient (Wildman–Crippen LogP) is 3.34. The second kappa shape index (κ2) is 10.1. The van der Waals surface area contributed by atoms with Crippen LogP contribution in [-0.4, -0.2) is 33.1 Å². The molecule has 0 fully saturated rings. The Kier molecular flexibility index (Phi) is 7.04. The van der Waals surface area contributed by atoms with Crippen LogP contribution in [0.3, 0.4) is 0 Å². The number of aromatic nitrogens is 2. The SMILES string of the molecule is Cc1cccc(CNC(=O)c2nc3scc(COCC4C=CC(C(=O)O)=CC4)c3c(=O)n2C)c1. The van der Waals surface area contributed by atoms with Crippen molar-refractivity contribution in [2.75, 3.05) is 6.61 Å². The standard InChI is InChI=1S/C25H25N3O5S/c1-15-4-3-5-17(10-15)11-26-22(29)21-27-23-20(24(30)28(21)2)19(14-34-23)13-33-12-16-6-8-18(9-7-16)25(31)32/h3-6,8-10,14,16H,7,11-13H2,1-2H3,(H,26,29)(H,31,32). The smallest absolute Gasteiger partial charge is 0.335 e. The average molecular weight is 480 g/mol. The van der Waals surface area contributed by atoms with E-state index in [0.29, 0.717) is 29.8 Å². The second-order valence-corrected chi connectivity index (χ2v) is 9.11. The molecule has 1 aliphatic carbocycles. The van der Waals surface area contributed by atoms with E-state index in [9.17, 15) is 14.4 Å². The van der Waals surface area contributed by atoms with Crippen molar-refractivity contribution < 1.29 is 19.4 Å². The van der Waals surface area contributed by atoms with Gasteiger partial charge in [-0.3, -0.25) is 14.2 Å². The predicted molar refractivity (Wildman–Crippen MR) is 130 cm³/mol. The molecule has 3 aromatic rings. The molecule has 0 bridgehead atoms. The summed E-state index contributed by atoms with van der Waals surface area (Å²) in [6, 6.07) is 7.84.